The number of nitrogens with one attached hydrogen (secondary N) is 1. The van der Waals surface area contributed by atoms with Crippen molar-refractivity contribution in [2.75, 3.05) is 6.54 Å². The first-order chi connectivity index (χ1) is 8.45. The Kier molecular flexibility index (Phi) is 4.38. The lowest BCUT2D eigenvalue weighted by Crippen LogP contribution is -2.56. The van der Waals surface area contributed by atoms with E-state index in [-0.39, 0.29) is 5.72 Å². The Balaban J connectivity index is 1.90. The molecule has 18 heavy (non-hydrogen) atoms. The molecule has 1 heterocycles. The van der Waals surface area contributed by atoms with Crippen LogP contribution in [0.15, 0.2) is 0 Å². The Morgan fingerprint density at radius 2 is 1.83 bits per heavy atom. The molecule has 0 amide bonds. The summed E-state index contributed by atoms with van der Waals surface area (Å²) >= 11 is 0. The van der Waals surface area contributed by atoms with Crippen molar-refractivity contribution in [3.63, 3.8) is 0 Å². The molecule has 1 atom stereocenters. The van der Waals surface area contributed by atoms with Gasteiger partial charge >= 0.3 is 0 Å². The fourth-order valence-electron chi connectivity index (χ4n) is 3.65. The molecule has 2 nitrogen and oxygen atoms in total. The SMILES string of the molecule is CCCC1CCNC2(CCC(C(C)(C)C)CC2)O1. The highest BCUT2D eigenvalue weighted by molar-refractivity contribution is 4.91. The lowest BCUT2D eigenvalue weighted by Gasteiger charge is -2.48. The van der Waals surface area contributed by atoms with E-state index in [1.807, 2.05) is 0 Å². The van der Waals surface area contributed by atoms with E-state index < -0.39 is 0 Å². The Labute approximate surface area is 113 Å². The van der Waals surface area contributed by atoms with Crippen LogP contribution in [0, 0.1) is 11.3 Å². The van der Waals surface area contributed by atoms with Gasteiger partial charge in [0.25, 0.3) is 0 Å². The zero-order valence-corrected chi connectivity index (χ0v) is 12.7. The average molecular weight is 253 g/mol. The summed E-state index contributed by atoms with van der Waals surface area (Å²) < 4.78 is 6.41. The van der Waals surface area contributed by atoms with Gasteiger partial charge in [0.05, 0.1) is 6.10 Å². The molecule has 2 aliphatic rings. The summed E-state index contributed by atoms with van der Waals surface area (Å²) in [6.45, 7) is 10.5. The Morgan fingerprint density at radius 1 is 1.17 bits per heavy atom. The van der Waals surface area contributed by atoms with Crippen LogP contribution in [0.25, 0.3) is 0 Å². The maximum absolute atomic E-state index is 6.41. The van der Waals surface area contributed by atoms with Crippen molar-refractivity contribution >= 4 is 0 Å². The molecular formula is C16H31NO. The van der Waals surface area contributed by atoms with E-state index in [2.05, 4.69) is 33.0 Å². The zero-order chi connectivity index (χ0) is 13.2. The molecule has 1 aliphatic carbocycles. The summed E-state index contributed by atoms with van der Waals surface area (Å²) in [4.78, 5) is 0. The monoisotopic (exact) mass is 253 g/mol. The molecule has 106 valence electrons. The van der Waals surface area contributed by atoms with Crippen molar-refractivity contribution in [2.24, 2.45) is 11.3 Å². The quantitative estimate of drug-likeness (QED) is 0.800. The Morgan fingerprint density at radius 3 is 2.39 bits per heavy atom. The van der Waals surface area contributed by atoms with E-state index in [9.17, 15) is 0 Å². The van der Waals surface area contributed by atoms with Crippen molar-refractivity contribution in [1.82, 2.24) is 5.32 Å². The fraction of sp³-hybridized carbons (Fsp3) is 1.00. The normalized spacial score (nSPS) is 38.0. The lowest BCUT2D eigenvalue weighted by molar-refractivity contribution is -0.169. The summed E-state index contributed by atoms with van der Waals surface area (Å²) in [5.74, 6) is 0.861. The molecule has 0 radical (unpaired) electrons. The molecule has 2 rings (SSSR count). The third-order valence-corrected chi connectivity index (χ3v) is 4.93. The van der Waals surface area contributed by atoms with Crippen LogP contribution in [0.3, 0.4) is 0 Å². The van der Waals surface area contributed by atoms with Gasteiger partial charge in [0.1, 0.15) is 5.72 Å². The van der Waals surface area contributed by atoms with Crippen molar-refractivity contribution in [2.45, 2.75) is 84.5 Å². The van der Waals surface area contributed by atoms with E-state index in [1.165, 1.54) is 44.9 Å². The molecule has 0 aromatic carbocycles. The van der Waals surface area contributed by atoms with Crippen molar-refractivity contribution in [3.05, 3.63) is 0 Å². The summed E-state index contributed by atoms with van der Waals surface area (Å²) in [7, 11) is 0. The molecule has 0 bridgehead atoms. The molecule has 1 aliphatic heterocycles. The van der Waals surface area contributed by atoms with Crippen LogP contribution in [0.5, 0.6) is 0 Å². The van der Waals surface area contributed by atoms with Crippen LogP contribution >= 0.6 is 0 Å². The number of hydrogen-bond acceptors (Lipinski definition) is 2. The lowest BCUT2D eigenvalue weighted by atomic mass is 9.70. The molecule has 0 aromatic rings. The van der Waals surface area contributed by atoms with Gasteiger partial charge in [0.2, 0.25) is 0 Å². The highest BCUT2D eigenvalue weighted by Gasteiger charge is 2.42. The minimum Gasteiger partial charge on any atom is -0.357 e. The first-order valence-corrected chi connectivity index (χ1v) is 7.88. The first kappa shape index (κ1) is 14.3. The standard InChI is InChI=1S/C16H31NO/c1-5-6-14-9-12-17-16(18-14)10-7-13(8-11-16)15(2,3)4/h13-14,17H,5-12H2,1-4H3. The van der Waals surface area contributed by atoms with E-state index in [1.54, 1.807) is 0 Å². The Bertz CT molecular complexity index is 259. The van der Waals surface area contributed by atoms with Gasteiger partial charge in [-0.15, -0.1) is 0 Å². The van der Waals surface area contributed by atoms with Crippen molar-refractivity contribution < 1.29 is 4.74 Å². The minimum absolute atomic E-state index is 0.0276. The van der Waals surface area contributed by atoms with E-state index in [0.717, 1.165) is 12.5 Å². The molecule has 2 fully saturated rings. The Hall–Kier alpha value is -0.0800. The molecule has 2 heteroatoms. The first-order valence-electron chi connectivity index (χ1n) is 7.88. The highest BCUT2D eigenvalue weighted by Crippen LogP contribution is 2.43. The van der Waals surface area contributed by atoms with Crippen LogP contribution < -0.4 is 5.32 Å². The maximum Gasteiger partial charge on any atom is 0.119 e. The van der Waals surface area contributed by atoms with Gasteiger partial charge in [-0.3, -0.25) is 5.32 Å². The molecule has 1 saturated carbocycles. The third kappa shape index (κ3) is 3.27. The third-order valence-electron chi connectivity index (χ3n) is 4.93. The predicted molar refractivity (Wildman–Crippen MR) is 76.5 cm³/mol. The number of hydrogen-bond donors (Lipinski definition) is 1. The second-order valence-electron chi connectivity index (χ2n) is 7.38. The highest BCUT2D eigenvalue weighted by atomic mass is 16.5. The second-order valence-corrected chi connectivity index (χ2v) is 7.38. The molecule has 1 N–H and O–H groups in total. The second kappa shape index (κ2) is 5.50. The van der Waals surface area contributed by atoms with Gasteiger partial charge in [-0.2, -0.15) is 0 Å². The average Bonchev–Trinajstić information content (AvgIpc) is 2.29. The van der Waals surface area contributed by atoms with Crippen LogP contribution in [-0.4, -0.2) is 18.4 Å². The number of rotatable bonds is 2. The molecule has 1 spiro atoms. The predicted octanol–water partition coefficient (Wildman–Crippen LogP) is 4.10. The van der Waals surface area contributed by atoms with Gasteiger partial charge < -0.3 is 4.74 Å². The van der Waals surface area contributed by atoms with Crippen LogP contribution in [0.2, 0.25) is 0 Å². The molecule has 1 unspecified atom stereocenters. The number of ether oxygens (including phenoxy) is 1. The summed E-state index contributed by atoms with van der Waals surface area (Å²) in [6.07, 6.45) is 9.20. The topological polar surface area (TPSA) is 21.3 Å². The van der Waals surface area contributed by atoms with E-state index >= 15 is 0 Å². The van der Waals surface area contributed by atoms with Crippen molar-refractivity contribution in [3.8, 4) is 0 Å². The maximum atomic E-state index is 6.41. The summed E-state index contributed by atoms with van der Waals surface area (Å²) in [5, 5.41) is 3.67. The van der Waals surface area contributed by atoms with Crippen molar-refractivity contribution in [1.29, 1.82) is 0 Å². The molecular weight excluding hydrogens is 222 g/mol. The van der Waals surface area contributed by atoms with Crippen LogP contribution in [0.4, 0.5) is 0 Å². The van der Waals surface area contributed by atoms with E-state index in [0.29, 0.717) is 11.5 Å². The molecule has 1 saturated heterocycles. The van der Waals surface area contributed by atoms with Gasteiger partial charge in [-0.05, 0) is 49.9 Å². The zero-order valence-electron chi connectivity index (χ0n) is 12.7. The van der Waals surface area contributed by atoms with E-state index in [4.69, 9.17) is 4.74 Å². The molecule has 0 aromatic heterocycles. The van der Waals surface area contributed by atoms with Gasteiger partial charge in [-0.1, -0.05) is 34.1 Å². The summed E-state index contributed by atoms with van der Waals surface area (Å²) in [6, 6.07) is 0. The smallest absolute Gasteiger partial charge is 0.119 e. The minimum atomic E-state index is 0.0276. The fourth-order valence-corrected chi connectivity index (χ4v) is 3.65. The van der Waals surface area contributed by atoms with Crippen LogP contribution in [0.1, 0.15) is 72.6 Å². The van der Waals surface area contributed by atoms with Gasteiger partial charge in [0.15, 0.2) is 0 Å². The summed E-state index contributed by atoms with van der Waals surface area (Å²) in [5.41, 5.74) is 0.485. The largest absolute Gasteiger partial charge is 0.357 e. The van der Waals surface area contributed by atoms with Gasteiger partial charge in [0, 0.05) is 6.54 Å². The van der Waals surface area contributed by atoms with Gasteiger partial charge in [-0.25, -0.2) is 0 Å². The van der Waals surface area contributed by atoms with Crippen LogP contribution in [-0.2, 0) is 4.74 Å².